The number of carbonyl (C=O) groups is 2. The third-order valence-corrected chi connectivity index (χ3v) is 4.04. The summed E-state index contributed by atoms with van der Waals surface area (Å²) < 4.78 is 16.4. The summed E-state index contributed by atoms with van der Waals surface area (Å²) in [6.07, 6.45) is 0.459. The maximum absolute atomic E-state index is 12.2. The molecule has 2 rings (SSSR count). The predicted octanol–water partition coefficient (Wildman–Crippen LogP) is 3.20. The van der Waals surface area contributed by atoms with Crippen molar-refractivity contribution in [1.82, 2.24) is 4.90 Å². The van der Waals surface area contributed by atoms with E-state index < -0.39 is 0 Å². The number of nitrogens with zero attached hydrogens (tertiary/aromatic N) is 1. The Bertz CT molecular complexity index is 757. The Labute approximate surface area is 159 Å². The number of hydrogen-bond donors (Lipinski definition) is 0. The first-order valence-corrected chi connectivity index (χ1v) is 8.81. The molecule has 0 unspecified atom stereocenters. The predicted molar refractivity (Wildman–Crippen MR) is 103 cm³/mol. The third-order valence-electron chi connectivity index (χ3n) is 4.04. The number of amides is 1. The summed E-state index contributed by atoms with van der Waals surface area (Å²) in [5.74, 6) is 1.76. The largest absolute Gasteiger partial charge is 0.493 e. The lowest BCUT2D eigenvalue weighted by atomic mass is 10.1. The summed E-state index contributed by atoms with van der Waals surface area (Å²) >= 11 is 0. The van der Waals surface area contributed by atoms with Crippen LogP contribution in [0.3, 0.4) is 0 Å². The summed E-state index contributed by atoms with van der Waals surface area (Å²) in [7, 11) is 3.28. The van der Waals surface area contributed by atoms with E-state index in [1.54, 1.807) is 43.3 Å². The number of hydrogen-bond acceptors (Lipinski definition) is 5. The standard InChI is InChI=1S/C21H25NO5/c1-4-18(23)16-9-11-17(12-10-16)27-15-21(24)22(2)13-14-26-20-8-6-5-7-19(20)25-3/h5-12H,4,13-15H2,1-3H3. The van der Waals surface area contributed by atoms with E-state index >= 15 is 0 Å². The first-order chi connectivity index (χ1) is 13.0. The van der Waals surface area contributed by atoms with Gasteiger partial charge in [0.2, 0.25) is 0 Å². The molecule has 0 atom stereocenters. The summed E-state index contributed by atoms with van der Waals surface area (Å²) in [6, 6.07) is 14.2. The van der Waals surface area contributed by atoms with Crippen LogP contribution < -0.4 is 14.2 Å². The van der Waals surface area contributed by atoms with Crippen LogP contribution in [0.1, 0.15) is 23.7 Å². The van der Waals surface area contributed by atoms with Crippen LogP contribution in [-0.2, 0) is 4.79 Å². The first-order valence-electron chi connectivity index (χ1n) is 8.81. The molecule has 2 aromatic rings. The molecule has 0 heterocycles. The van der Waals surface area contributed by atoms with Crippen LogP contribution in [0.2, 0.25) is 0 Å². The molecule has 0 aliphatic carbocycles. The van der Waals surface area contributed by atoms with Gasteiger partial charge in [0.25, 0.3) is 5.91 Å². The zero-order chi connectivity index (χ0) is 19.6. The van der Waals surface area contributed by atoms with Gasteiger partial charge in [-0.05, 0) is 36.4 Å². The summed E-state index contributed by atoms with van der Waals surface area (Å²) in [5, 5.41) is 0. The maximum atomic E-state index is 12.2. The number of carbonyl (C=O) groups excluding carboxylic acids is 2. The minimum Gasteiger partial charge on any atom is -0.493 e. The van der Waals surface area contributed by atoms with Gasteiger partial charge in [-0.2, -0.15) is 0 Å². The van der Waals surface area contributed by atoms with Crippen molar-refractivity contribution in [2.75, 3.05) is 33.9 Å². The number of ketones is 1. The average Bonchev–Trinajstić information content (AvgIpc) is 2.72. The summed E-state index contributed by atoms with van der Waals surface area (Å²) in [5.41, 5.74) is 0.641. The van der Waals surface area contributed by atoms with Gasteiger partial charge in [0, 0.05) is 19.0 Å². The van der Waals surface area contributed by atoms with Crippen LogP contribution in [0.5, 0.6) is 17.2 Å². The number of Topliss-reactive ketones (excluding diaryl/α,β-unsaturated/α-hetero) is 1. The SMILES string of the molecule is CCC(=O)c1ccc(OCC(=O)N(C)CCOc2ccccc2OC)cc1. The number of rotatable bonds is 10. The topological polar surface area (TPSA) is 65.1 Å². The molecule has 0 aliphatic rings. The van der Waals surface area contributed by atoms with Gasteiger partial charge in [0.05, 0.1) is 13.7 Å². The highest BCUT2D eigenvalue weighted by atomic mass is 16.5. The summed E-state index contributed by atoms with van der Waals surface area (Å²) in [6.45, 7) is 2.51. The average molecular weight is 371 g/mol. The van der Waals surface area contributed by atoms with Crippen LogP contribution in [0.15, 0.2) is 48.5 Å². The molecule has 0 radical (unpaired) electrons. The molecule has 2 aromatic carbocycles. The van der Waals surface area contributed by atoms with E-state index in [-0.39, 0.29) is 18.3 Å². The number of methoxy groups -OCH3 is 1. The monoisotopic (exact) mass is 371 g/mol. The second-order valence-corrected chi connectivity index (χ2v) is 5.90. The molecule has 0 N–H and O–H groups in total. The Kier molecular flexibility index (Phi) is 7.67. The second-order valence-electron chi connectivity index (χ2n) is 5.90. The molecule has 0 bridgehead atoms. The Morgan fingerprint density at radius 2 is 1.63 bits per heavy atom. The number of para-hydroxylation sites is 2. The first kappa shape index (κ1) is 20.3. The Morgan fingerprint density at radius 3 is 2.26 bits per heavy atom. The molecule has 0 saturated carbocycles. The molecule has 0 aromatic heterocycles. The third kappa shape index (κ3) is 6.02. The van der Waals surface area contributed by atoms with Crippen molar-refractivity contribution >= 4 is 11.7 Å². The normalized spacial score (nSPS) is 10.2. The molecular weight excluding hydrogens is 346 g/mol. The van der Waals surface area contributed by atoms with E-state index in [0.717, 1.165) is 0 Å². The van der Waals surface area contributed by atoms with Crippen molar-refractivity contribution in [2.45, 2.75) is 13.3 Å². The molecule has 0 spiro atoms. The zero-order valence-corrected chi connectivity index (χ0v) is 15.9. The molecule has 0 fully saturated rings. The molecule has 1 amide bonds. The lowest BCUT2D eigenvalue weighted by Crippen LogP contribution is -2.34. The minimum atomic E-state index is -0.160. The number of likely N-dealkylation sites (N-methyl/N-ethyl adjacent to an activating group) is 1. The maximum Gasteiger partial charge on any atom is 0.260 e. The van der Waals surface area contributed by atoms with Crippen molar-refractivity contribution in [3.05, 3.63) is 54.1 Å². The van der Waals surface area contributed by atoms with Crippen LogP contribution in [0.4, 0.5) is 0 Å². The van der Waals surface area contributed by atoms with Crippen LogP contribution in [0.25, 0.3) is 0 Å². The van der Waals surface area contributed by atoms with E-state index in [2.05, 4.69) is 0 Å². The minimum absolute atomic E-state index is 0.0763. The Balaban J connectivity index is 1.76. The van der Waals surface area contributed by atoms with Gasteiger partial charge < -0.3 is 19.1 Å². The fourth-order valence-electron chi connectivity index (χ4n) is 2.35. The van der Waals surface area contributed by atoms with Gasteiger partial charge in [-0.3, -0.25) is 9.59 Å². The molecule has 6 nitrogen and oxygen atoms in total. The van der Waals surface area contributed by atoms with E-state index in [4.69, 9.17) is 14.2 Å². The van der Waals surface area contributed by atoms with Crippen LogP contribution in [-0.4, -0.2) is 50.5 Å². The van der Waals surface area contributed by atoms with E-state index in [0.29, 0.717) is 42.4 Å². The molecule has 27 heavy (non-hydrogen) atoms. The molecule has 0 saturated heterocycles. The molecule has 0 aliphatic heterocycles. The fourth-order valence-corrected chi connectivity index (χ4v) is 2.35. The smallest absolute Gasteiger partial charge is 0.260 e. The van der Waals surface area contributed by atoms with Gasteiger partial charge in [-0.25, -0.2) is 0 Å². The zero-order valence-electron chi connectivity index (χ0n) is 15.9. The van der Waals surface area contributed by atoms with Crippen molar-refractivity contribution < 1.29 is 23.8 Å². The highest BCUT2D eigenvalue weighted by Crippen LogP contribution is 2.25. The van der Waals surface area contributed by atoms with Crippen molar-refractivity contribution in [1.29, 1.82) is 0 Å². The quantitative estimate of drug-likeness (QED) is 0.600. The summed E-state index contributed by atoms with van der Waals surface area (Å²) in [4.78, 5) is 25.3. The fraction of sp³-hybridized carbons (Fsp3) is 0.333. The van der Waals surface area contributed by atoms with E-state index in [1.165, 1.54) is 0 Å². The van der Waals surface area contributed by atoms with Crippen LogP contribution in [0, 0.1) is 0 Å². The van der Waals surface area contributed by atoms with Crippen molar-refractivity contribution in [2.24, 2.45) is 0 Å². The number of ether oxygens (including phenoxy) is 3. The van der Waals surface area contributed by atoms with E-state index in [1.807, 2.05) is 31.2 Å². The number of benzene rings is 2. The lowest BCUT2D eigenvalue weighted by Gasteiger charge is -2.18. The Hall–Kier alpha value is -3.02. The lowest BCUT2D eigenvalue weighted by molar-refractivity contribution is -0.132. The molecule has 6 heteroatoms. The molecular formula is C21H25NO5. The van der Waals surface area contributed by atoms with Crippen molar-refractivity contribution in [3.8, 4) is 17.2 Å². The van der Waals surface area contributed by atoms with Gasteiger partial charge in [-0.15, -0.1) is 0 Å². The van der Waals surface area contributed by atoms with Gasteiger partial charge in [-0.1, -0.05) is 19.1 Å². The second kappa shape index (κ2) is 10.2. The van der Waals surface area contributed by atoms with Crippen LogP contribution >= 0.6 is 0 Å². The van der Waals surface area contributed by atoms with Crippen molar-refractivity contribution in [3.63, 3.8) is 0 Å². The van der Waals surface area contributed by atoms with E-state index in [9.17, 15) is 9.59 Å². The van der Waals surface area contributed by atoms with Gasteiger partial charge >= 0.3 is 0 Å². The molecule has 144 valence electrons. The highest BCUT2D eigenvalue weighted by Gasteiger charge is 2.11. The Morgan fingerprint density at radius 1 is 0.963 bits per heavy atom. The van der Waals surface area contributed by atoms with Gasteiger partial charge in [0.1, 0.15) is 12.4 Å². The highest BCUT2D eigenvalue weighted by molar-refractivity contribution is 5.95. The van der Waals surface area contributed by atoms with Gasteiger partial charge in [0.15, 0.2) is 23.9 Å².